The third-order valence-electron chi connectivity index (χ3n) is 3.66. The van der Waals surface area contributed by atoms with Crippen LogP contribution >= 0.6 is 15.9 Å². The van der Waals surface area contributed by atoms with Crippen LogP contribution in [-0.2, 0) is 14.8 Å². The lowest BCUT2D eigenvalue weighted by molar-refractivity contribution is -0.116. The zero-order valence-electron chi connectivity index (χ0n) is 14.6. The molecule has 0 fully saturated rings. The van der Waals surface area contributed by atoms with Crippen molar-refractivity contribution in [2.75, 3.05) is 15.9 Å². The molecule has 0 bridgehead atoms. The van der Waals surface area contributed by atoms with Gasteiger partial charge in [0, 0.05) is 10.2 Å². The maximum absolute atomic E-state index is 12.6. The first-order valence-electron chi connectivity index (χ1n) is 7.72. The molecule has 0 saturated heterocycles. The predicted octanol–water partition coefficient (Wildman–Crippen LogP) is 3.86. The molecule has 2 aromatic carbocycles. The van der Waals surface area contributed by atoms with Crippen LogP contribution in [0.3, 0.4) is 0 Å². The average Bonchev–Trinajstić information content (AvgIpc) is 2.47. The molecule has 0 spiro atoms. The molecule has 25 heavy (non-hydrogen) atoms. The highest BCUT2D eigenvalue weighted by Crippen LogP contribution is 2.24. The summed E-state index contributed by atoms with van der Waals surface area (Å²) in [7, 11) is -3.63. The Morgan fingerprint density at radius 1 is 1.08 bits per heavy atom. The Balaban J connectivity index is 2.34. The van der Waals surface area contributed by atoms with Crippen molar-refractivity contribution in [3.8, 4) is 0 Å². The number of sulfonamides is 1. The Morgan fingerprint density at radius 2 is 1.60 bits per heavy atom. The maximum atomic E-state index is 12.6. The number of hydrogen-bond donors (Lipinski definition) is 1. The first-order valence-corrected chi connectivity index (χ1v) is 10.4. The number of hydrogen-bond acceptors (Lipinski definition) is 3. The average molecular weight is 425 g/mol. The second-order valence-corrected chi connectivity index (χ2v) is 8.85. The van der Waals surface area contributed by atoms with Gasteiger partial charge in [0.2, 0.25) is 15.9 Å². The van der Waals surface area contributed by atoms with Crippen LogP contribution in [0.25, 0.3) is 0 Å². The number of halogens is 1. The minimum absolute atomic E-state index is 0.396. The molecule has 0 saturated carbocycles. The molecule has 0 aliphatic carbocycles. The van der Waals surface area contributed by atoms with Crippen LogP contribution in [0.1, 0.15) is 18.1 Å². The van der Waals surface area contributed by atoms with Crippen molar-refractivity contribution in [1.82, 2.24) is 0 Å². The molecule has 0 heterocycles. The molecule has 0 unspecified atom stereocenters. The summed E-state index contributed by atoms with van der Waals surface area (Å²) in [6.45, 7) is 5.36. The molecule has 1 N–H and O–H groups in total. The molecule has 1 amide bonds. The SMILES string of the molecule is Cc1cc(C)cc(N([C@@H](C)C(=O)Nc2ccc(Br)cc2)S(C)(=O)=O)c1. The minimum atomic E-state index is -3.63. The van der Waals surface area contributed by atoms with Gasteiger partial charge in [0.05, 0.1) is 11.9 Å². The second kappa shape index (κ2) is 7.58. The highest BCUT2D eigenvalue weighted by atomic mass is 79.9. The number of rotatable bonds is 5. The van der Waals surface area contributed by atoms with E-state index in [4.69, 9.17) is 0 Å². The van der Waals surface area contributed by atoms with E-state index in [1.807, 2.05) is 19.9 Å². The van der Waals surface area contributed by atoms with E-state index in [1.54, 1.807) is 43.3 Å². The van der Waals surface area contributed by atoms with Crippen molar-refractivity contribution >= 4 is 43.2 Å². The molecule has 0 radical (unpaired) electrons. The molecule has 0 aliphatic rings. The number of carbonyl (C=O) groups excluding carboxylic acids is 1. The van der Waals surface area contributed by atoms with Crippen molar-refractivity contribution in [2.45, 2.75) is 26.8 Å². The maximum Gasteiger partial charge on any atom is 0.247 e. The highest BCUT2D eigenvalue weighted by Gasteiger charge is 2.29. The molecule has 5 nitrogen and oxygen atoms in total. The van der Waals surface area contributed by atoms with Gasteiger partial charge in [0.1, 0.15) is 6.04 Å². The molecule has 0 aromatic heterocycles. The van der Waals surface area contributed by atoms with Crippen LogP contribution in [-0.4, -0.2) is 26.6 Å². The zero-order valence-corrected chi connectivity index (χ0v) is 17.0. The number of amides is 1. The van der Waals surface area contributed by atoms with Crippen molar-refractivity contribution in [2.24, 2.45) is 0 Å². The number of benzene rings is 2. The standard InChI is InChI=1S/C18H21BrN2O3S/c1-12-9-13(2)11-17(10-12)21(25(4,23)24)14(3)18(22)20-16-7-5-15(19)6-8-16/h5-11,14H,1-4H3,(H,20,22)/t14-/m0/s1. The molecular weight excluding hydrogens is 404 g/mol. The van der Waals surface area contributed by atoms with Crippen molar-refractivity contribution in [3.05, 3.63) is 58.1 Å². The fourth-order valence-electron chi connectivity index (χ4n) is 2.67. The van der Waals surface area contributed by atoms with Crippen LogP contribution in [0.4, 0.5) is 11.4 Å². The first kappa shape index (κ1) is 19.5. The van der Waals surface area contributed by atoms with Gasteiger partial charge in [-0.15, -0.1) is 0 Å². The Bertz CT molecular complexity index is 859. The summed E-state index contributed by atoms with van der Waals surface area (Å²) >= 11 is 3.33. The van der Waals surface area contributed by atoms with Gasteiger partial charge in [0.15, 0.2) is 0 Å². The lowest BCUT2D eigenvalue weighted by atomic mass is 10.1. The third kappa shape index (κ3) is 5.06. The van der Waals surface area contributed by atoms with Crippen LogP contribution in [0.15, 0.2) is 46.9 Å². The topological polar surface area (TPSA) is 66.5 Å². The number of nitrogens with zero attached hydrogens (tertiary/aromatic N) is 1. The lowest BCUT2D eigenvalue weighted by Crippen LogP contribution is -2.45. The van der Waals surface area contributed by atoms with E-state index in [9.17, 15) is 13.2 Å². The second-order valence-electron chi connectivity index (χ2n) is 6.08. The largest absolute Gasteiger partial charge is 0.324 e. The molecule has 0 aliphatic heterocycles. The summed E-state index contributed by atoms with van der Waals surface area (Å²) in [4.78, 5) is 12.6. The van der Waals surface area contributed by atoms with E-state index >= 15 is 0 Å². The predicted molar refractivity (Wildman–Crippen MR) is 105 cm³/mol. The van der Waals surface area contributed by atoms with E-state index in [-0.39, 0.29) is 0 Å². The number of carbonyl (C=O) groups is 1. The highest BCUT2D eigenvalue weighted by molar-refractivity contribution is 9.10. The Hall–Kier alpha value is -1.86. The van der Waals surface area contributed by atoms with Gasteiger partial charge in [-0.05, 0) is 68.3 Å². The fraction of sp³-hybridized carbons (Fsp3) is 0.278. The Kier molecular flexibility index (Phi) is 5.90. The van der Waals surface area contributed by atoms with Gasteiger partial charge in [0.25, 0.3) is 0 Å². The van der Waals surface area contributed by atoms with Gasteiger partial charge in [-0.2, -0.15) is 0 Å². The third-order valence-corrected chi connectivity index (χ3v) is 5.43. The molecule has 2 rings (SSSR count). The van der Waals surface area contributed by atoms with Crippen LogP contribution in [0.2, 0.25) is 0 Å². The van der Waals surface area contributed by atoms with Gasteiger partial charge in [-0.3, -0.25) is 9.10 Å². The zero-order chi connectivity index (χ0) is 18.8. The molecule has 7 heteroatoms. The molecule has 2 aromatic rings. The summed E-state index contributed by atoms with van der Waals surface area (Å²) in [5.74, 6) is -0.396. The normalized spacial score (nSPS) is 12.5. The van der Waals surface area contributed by atoms with E-state index in [0.29, 0.717) is 11.4 Å². The van der Waals surface area contributed by atoms with E-state index in [1.165, 1.54) is 0 Å². The van der Waals surface area contributed by atoms with Crippen LogP contribution in [0.5, 0.6) is 0 Å². The van der Waals surface area contributed by atoms with Crippen LogP contribution in [0, 0.1) is 13.8 Å². The van der Waals surface area contributed by atoms with E-state index in [2.05, 4.69) is 21.2 Å². The summed E-state index contributed by atoms with van der Waals surface area (Å²) in [5.41, 5.74) is 2.96. The lowest BCUT2D eigenvalue weighted by Gasteiger charge is -2.28. The molecule has 1 atom stereocenters. The summed E-state index contributed by atoms with van der Waals surface area (Å²) in [6, 6.07) is 11.7. The van der Waals surface area contributed by atoms with Gasteiger partial charge in [-0.25, -0.2) is 8.42 Å². The quantitative estimate of drug-likeness (QED) is 0.791. The van der Waals surface area contributed by atoms with Gasteiger partial charge < -0.3 is 5.32 Å². The van der Waals surface area contributed by atoms with E-state index < -0.39 is 22.0 Å². The van der Waals surface area contributed by atoms with E-state index in [0.717, 1.165) is 26.2 Å². The Morgan fingerprint density at radius 3 is 2.08 bits per heavy atom. The summed E-state index contributed by atoms with van der Waals surface area (Å²) in [6.07, 6.45) is 1.11. The van der Waals surface area contributed by atoms with Gasteiger partial charge in [-0.1, -0.05) is 22.0 Å². The number of aryl methyl sites for hydroxylation is 2. The van der Waals surface area contributed by atoms with Crippen LogP contribution < -0.4 is 9.62 Å². The van der Waals surface area contributed by atoms with Gasteiger partial charge >= 0.3 is 0 Å². The monoisotopic (exact) mass is 424 g/mol. The molecular formula is C18H21BrN2O3S. The summed E-state index contributed by atoms with van der Waals surface area (Å²) < 4.78 is 26.7. The van der Waals surface area contributed by atoms with Crippen molar-refractivity contribution in [3.63, 3.8) is 0 Å². The van der Waals surface area contributed by atoms with Crippen molar-refractivity contribution < 1.29 is 13.2 Å². The Labute approximate surface area is 157 Å². The van der Waals surface area contributed by atoms with Crippen molar-refractivity contribution in [1.29, 1.82) is 0 Å². The fourth-order valence-corrected chi connectivity index (χ4v) is 4.09. The first-order chi connectivity index (χ1) is 11.6. The summed E-state index contributed by atoms with van der Waals surface area (Å²) in [5, 5.41) is 2.75. The number of anilines is 2. The molecule has 134 valence electrons. The number of nitrogens with one attached hydrogen (secondary N) is 1. The minimum Gasteiger partial charge on any atom is -0.324 e. The smallest absolute Gasteiger partial charge is 0.247 e.